The molecule has 6 nitrogen and oxygen atoms in total. The Morgan fingerprint density at radius 3 is 2.54 bits per heavy atom. The van der Waals surface area contributed by atoms with Gasteiger partial charge in [0.1, 0.15) is 0 Å². The number of amides is 3. The van der Waals surface area contributed by atoms with Crippen molar-refractivity contribution in [3.63, 3.8) is 0 Å². The summed E-state index contributed by atoms with van der Waals surface area (Å²) in [5.41, 5.74) is -0.715. The summed E-state index contributed by atoms with van der Waals surface area (Å²) in [4.78, 5) is 24.5. The molecular formula is C18H13BrClN3O3. The lowest BCUT2D eigenvalue weighted by molar-refractivity contribution is -0.124. The van der Waals surface area contributed by atoms with Crippen LogP contribution in [0.25, 0.3) is 10.8 Å². The minimum atomic E-state index is -1.33. The highest BCUT2D eigenvalue weighted by Gasteiger charge is 2.48. The third-order valence-corrected chi connectivity index (χ3v) is 5.27. The Labute approximate surface area is 161 Å². The van der Waals surface area contributed by atoms with Gasteiger partial charge in [0.15, 0.2) is 11.4 Å². The molecule has 0 saturated carbocycles. The number of halogens is 2. The van der Waals surface area contributed by atoms with Crippen molar-refractivity contribution in [1.29, 1.82) is 0 Å². The van der Waals surface area contributed by atoms with Crippen LogP contribution in [0.1, 0.15) is 5.56 Å². The van der Waals surface area contributed by atoms with Crippen molar-refractivity contribution < 1.29 is 14.7 Å². The number of fused-ring (bicyclic) bond motifs is 1. The summed E-state index contributed by atoms with van der Waals surface area (Å²) in [6, 6.07) is 11.7. The van der Waals surface area contributed by atoms with Gasteiger partial charge in [-0.3, -0.25) is 10.1 Å². The number of rotatable bonds is 3. The predicted molar refractivity (Wildman–Crippen MR) is 101 cm³/mol. The quantitative estimate of drug-likeness (QED) is 0.552. The molecule has 8 heteroatoms. The molecule has 4 rings (SSSR count). The van der Waals surface area contributed by atoms with Gasteiger partial charge < -0.3 is 15.0 Å². The fourth-order valence-corrected chi connectivity index (χ4v) is 3.66. The number of aromatic nitrogens is 1. The smallest absolute Gasteiger partial charge is 0.322 e. The molecule has 1 aliphatic rings. The molecule has 132 valence electrons. The molecule has 26 heavy (non-hydrogen) atoms. The maximum atomic E-state index is 12.7. The van der Waals surface area contributed by atoms with Gasteiger partial charge in [-0.1, -0.05) is 45.7 Å². The lowest BCUT2D eigenvalue weighted by atomic mass is 9.90. The Bertz CT molecular complexity index is 1050. The highest BCUT2D eigenvalue weighted by Crippen LogP contribution is 2.34. The molecule has 3 amide bonds. The summed E-state index contributed by atoms with van der Waals surface area (Å²) in [5, 5.41) is 17.4. The summed E-state index contributed by atoms with van der Waals surface area (Å²) >= 11 is 9.37. The highest BCUT2D eigenvalue weighted by molar-refractivity contribution is 9.10. The van der Waals surface area contributed by atoms with E-state index >= 15 is 0 Å². The van der Waals surface area contributed by atoms with Crippen molar-refractivity contribution in [3.05, 3.63) is 63.7 Å². The lowest BCUT2D eigenvalue weighted by Gasteiger charge is -2.27. The zero-order valence-corrected chi connectivity index (χ0v) is 15.6. The largest absolute Gasteiger partial charge is 0.494 e. The van der Waals surface area contributed by atoms with Crippen molar-refractivity contribution in [2.45, 2.75) is 12.1 Å². The van der Waals surface area contributed by atoms with Crippen LogP contribution in [0, 0.1) is 0 Å². The zero-order valence-electron chi connectivity index (χ0n) is 13.3. The number of urea groups is 1. The Morgan fingerprint density at radius 2 is 1.88 bits per heavy atom. The molecule has 0 radical (unpaired) electrons. The van der Waals surface area contributed by atoms with Crippen molar-refractivity contribution in [2.75, 3.05) is 0 Å². The molecule has 3 N–H and O–H groups in total. The maximum absolute atomic E-state index is 12.7. The number of hydrogen-bond donors (Lipinski definition) is 3. The molecule has 1 saturated heterocycles. The summed E-state index contributed by atoms with van der Waals surface area (Å²) < 4.78 is 2.39. The molecule has 0 spiro atoms. The van der Waals surface area contributed by atoms with Crippen LogP contribution >= 0.6 is 27.5 Å². The fraction of sp³-hybridized carbons (Fsp3) is 0.111. The van der Waals surface area contributed by atoms with Gasteiger partial charge in [-0.25, -0.2) is 4.79 Å². The SMILES string of the molecule is O=C1NC(=O)[C@@](Cn2cc3ccc(Cl)cc3c2O)(c2ccc(Br)cc2)N1. The van der Waals surface area contributed by atoms with E-state index in [2.05, 4.69) is 26.6 Å². The number of carbonyl (C=O) groups is 2. The first-order valence-corrected chi connectivity index (χ1v) is 8.93. The Hall–Kier alpha value is -2.51. The minimum Gasteiger partial charge on any atom is -0.494 e. The van der Waals surface area contributed by atoms with Gasteiger partial charge in [-0.2, -0.15) is 0 Å². The van der Waals surface area contributed by atoms with Crippen molar-refractivity contribution in [1.82, 2.24) is 15.2 Å². The lowest BCUT2D eigenvalue weighted by Crippen LogP contribution is -2.47. The number of hydrogen-bond acceptors (Lipinski definition) is 3. The minimum absolute atomic E-state index is 0.0204. The van der Waals surface area contributed by atoms with E-state index in [0.29, 0.717) is 16.0 Å². The molecule has 2 heterocycles. The van der Waals surface area contributed by atoms with E-state index < -0.39 is 17.5 Å². The molecule has 1 aromatic heterocycles. The molecule has 3 aromatic rings. The van der Waals surface area contributed by atoms with Crippen LogP contribution in [0.5, 0.6) is 5.88 Å². The summed E-state index contributed by atoms with van der Waals surface area (Å²) in [6.07, 6.45) is 1.72. The van der Waals surface area contributed by atoms with E-state index in [1.54, 1.807) is 48.7 Å². The third kappa shape index (κ3) is 2.64. The van der Waals surface area contributed by atoms with E-state index in [0.717, 1.165) is 9.86 Å². The van der Waals surface area contributed by atoms with E-state index in [1.165, 1.54) is 4.57 Å². The molecule has 1 aliphatic heterocycles. The Balaban J connectivity index is 1.84. The maximum Gasteiger partial charge on any atom is 0.322 e. The van der Waals surface area contributed by atoms with Crippen LogP contribution in [0.3, 0.4) is 0 Å². The molecule has 0 bridgehead atoms. The molecule has 2 aromatic carbocycles. The number of benzene rings is 2. The Morgan fingerprint density at radius 1 is 1.15 bits per heavy atom. The molecule has 1 atom stereocenters. The van der Waals surface area contributed by atoms with Crippen molar-refractivity contribution in [2.24, 2.45) is 0 Å². The number of carbonyl (C=O) groups excluding carboxylic acids is 2. The first-order valence-electron chi connectivity index (χ1n) is 7.76. The van der Waals surface area contributed by atoms with E-state index in [9.17, 15) is 14.7 Å². The summed E-state index contributed by atoms with van der Waals surface area (Å²) in [5.74, 6) is -0.493. The zero-order chi connectivity index (χ0) is 18.5. The molecule has 0 unspecified atom stereocenters. The standard InChI is InChI=1S/C18H13BrClN3O3/c19-12-4-2-11(3-5-12)18(16(25)21-17(26)22-18)9-23-8-10-1-6-13(20)7-14(10)15(23)24/h1-8,24H,9H2,(H2,21,22,25,26)/t18-/m1/s1. The van der Waals surface area contributed by atoms with Gasteiger partial charge in [0, 0.05) is 26.5 Å². The average molecular weight is 435 g/mol. The monoisotopic (exact) mass is 433 g/mol. The highest BCUT2D eigenvalue weighted by atomic mass is 79.9. The second-order valence-electron chi connectivity index (χ2n) is 6.13. The van der Waals surface area contributed by atoms with Crippen molar-refractivity contribution >= 4 is 50.2 Å². The second-order valence-corrected chi connectivity index (χ2v) is 7.48. The first kappa shape index (κ1) is 16.9. The van der Waals surface area contributed by atoms with Gasteiger partial charge in [-0.15, -0.1) is 0 Å². The van der Waals surface area contributed by atoms with Crippen molar-refractivity contribution in [3.8, 4) is 5.88 Å². The topological polar surface area (TPSA) is 83.4 Å². The fourth-order valence-electron chi connectivity index (χ4n) is 3.23. The van der Waals surface area contributed by atoms with Gasteiger partial charge >= 0.3 is 6.03 Å². The number of aromatic hydroxyl groups is 1. The first-order chi connectivity index (χ1) is 12.4. The number of nitrogens with one attached hydrogen (secondary N) is 2. The van der Waals surface area contributed by atoms with Gasteiger partial charge in [0.05, 0.1) is 6.54 Å². The van der Waals surface area contributed by atoms with E-state index in [-0.39, 0.29) is 12.4 Å². The molecule has 1 fully saturated rings. The number of imide groups is 1. The number of nitrogens with zero attached hydrogens (tertiary/aromatic N) is 1. The normalized spacial score (nSPS) is 19.6. The van der Waals surface area contributed by atoms with Crippen LogP contribution in [-0.2, 0) is 16.9 Å². The van der Waals surface area contributed by atoms with Crippen LogP contribution in [-0.4, -0.2) is 21.6 Å². The van der Waals surface area contributed by atoms with Gasteiger partial charge in [-0.05, 0) is 29.8 Å². The predicted octanol–water partition coefficient (Wildman–Crippen LogP) is 3.50. The van der Waals surface area contributed by atoms with E-state index in [4.69, 9.17) is 11.6 Å². The van der Waals surface area contributed by atoms with Crippen LogP contribution in [0.2, 0.25) is 5.02 Å². The summed E-state index contributed by atoms with van der Waals surface area (Å²) in [6.45, 7) is 0.0321. The molecular weight excluding hydrogens is 422 g/mol. The van der Waals surface area contributed by atoms with Crippen LogP contribution in [0.15, 0.2) is 53.1 Å². The van der Waals surface area contributed by atoms with Crippen LogP contribution < -0.4 is 10.6 Å². The third-order valence-electron chi connectivity index (χ3n) is 4.51. The van der Waals surface area contributed by atoms with Crippen LogP contribution in [0.4, 0.5) is 4.79 Å². The summed E-state index contributed by atoms with van der Waals surface area (Å²) in [7, 11) is 0. The average Bonchev–Trinajstić information content (AvgIpc) is 3.06. The van der Waals surface area contributed by atoms with Gasteiger partial charge in [0.25, 0.3) is 5.91 Å². The Kier molecular flexibility index (Phi) is 3.93. The second kappa shape index (κ2) is 6.03. The van der Waals surface area contributed by atoms with E-state index in [1.807, 2.05) is 0 Å². The van der Waals surface area contributed by atoms with Gasteiger partial charge in [0.2, 0.25) is 0 Å². The molecule has 0 aliphatic carbocycles.